The minimum absolute atomic E-state index is 0.0255. The van der Waals surface area contributed by atoms with E-state index in [0.29, 0.717) is 23.3 Å². The van der Waals surface area contributed by atoms with Crippen molar-refractivity contribution in [3.05, 3.63) is 268 Å². The molecule has 0 aliphatic carbocycles. The number of benzene rings is 8. The number of Topliss-reactive ketones (excluding diaryl/α,β-unsaturated/α-hetero) is 1. The number of amides is 1. The van der Waals surface area contributed by atoms with Gasteiger partial charge in [0, 0.05) is 47.7 Å². The Bertz CT molecular complexity index is 4310. The van der Waals surface area contributed by atoms with Crippen LogP contribution in [0.15, 0.2) is 218 Å². The van der Waals surface area contributed by atoms with Crippen molar-refractivity contribution in [1.82, 2.24) is 5.32 Å². The second-order valence-corrected chi connectivity index (χ2v) is 25.8. The number of esters is 4. The molecule has 0 aromatic heterocycles. The average Bonchev–Trinajstić information content (AvgIpc) is 0.806. The summed E-state index contributed by atoms with van der Waals surface area (Å²) >= 11 is 0. The van der Waals surface area contributed by atoms with E-state index in [9.17, 15) is 48.3 Å². The van der Waals surface area contributed by atoms with Crippen LogP contribution in [-0.4, -0.2) is 91.6 Å². The van der Waals surface area contributed by atoms with Crippen LogP contribution < -0.4 is 33.7 Å². The molecule has 0 spiro atoms. The maximum absolute atomic E-state index is 13.5. The summed E-state index contributed by atoms with van der Waals surface area (Å²) in [6, 6.07) is 53.8. The van der Waals surface area contributed by atoms with Crippen LogP contribution in [0.2, 0.25) is 0 Å². The first-order valence-electron chi connectivity index (χ1n) is 33.6. The predicted molar refractivity (Wildman–Crippen MR) is 385 cm³/mol. The van der Waals surface area contributed by atoms with Crippen molar-refractivity contribution in [2.45, 2.75) is 110 Å². The van der Waals surface area contributed by atoms with Crippen LogP contribution in [0.3, 0.4) is 0 Å². The van der Waals surface area contributed by atoms with Gasteiger partial charge in [-0.15, -0.1) is 0 Å². The van der Waals surface area contributed by atoms with Crippen LogP contribution in [0.4, 0.5) is 14.4 Å². The molecule has 0 saturated heterocycles. The Morgan fingerprint density at radius 3 is 1.08 bits per heavy atom. The van der Waals surface area contributed by atoms with Crippen LogP contribution in [0, 0.1) is 12.8 Å². The number of aryl methyl sites for hydroxylation is 3. The molecule has 21 nitrogen and oxygen atoms in total. The van der Waals surface area contributed by atoms with Crippen molar-refractivity contribution in [2.75, 3.05) is 26.4 Å². The summed E-state index contributed by atoms with van der Waals surface area (Å²) in [5, 5.41) is 12.5. The second kappa shape index (κ2) is 37.0. The molecular weight excluding hydrogens is 1330 g/mol. The standard InChI is InChI=1S/C83H83NO20/c1-53(2)75(88)95-46-48-97-77(90)60(50-58-13-30-65(85)31-14-58)52-66(86)32-12-56-15-33-67(34-16-56)99-79(92)103-71-41-26-63(27-42-71)83(8,9)64-28-43-72(44-29-64)104-81(94)101-69-37-19-59(20-38-69)51-73(78(91)98-49-47-96-76(89)54(3)4)84-74(87)45-21-57-17-35-68(36-18-57)100-80(93)102-70-39-24-62(25-40-70)82(6,7)61-22-10-55(5)11-23-61/h10-11,13-20,22-31,33-44,60,73,85H,1,3,12,21,32,45-52H2,2,4-9H3,(H,84,87)/t60-,73+/m1/s1. The van der Waals surface area contributed by atoms with Crippen molar-refractivity contribution in [1.29, 1.82) is 0 Å². The monoisotopic (exact) mass is 1410 g/mol. The SMILES string of the molecule is C=C(C)C(=O)OCCOC(=O)[C@@H](CC(=O)CCc1ccc(OC(=O)Oc2ccc(C(C)(C)c3ccc(OC(=O)Oc4ccc(C[C@H](NC(=O)CCc5ccc(OC(=O)Oc6ccc(C(C)(C)c7ccc(C)cc7)cc6)cc5)C(=O)OCCOC(=O)C(=C)C)cc4)cc3)cc2)cc1)Cc1ccc(O)cc1. The van der Waals surface area contributed by atoms with Gasteiger partial charge in [-0.25, -0.2) is 28.8 Å². The fourth-order valence-corrected chi connectivity index (χ4v) is 10.7. The van der Waals surface area contributed by atoms with Crippen LogP contribution in [0.25, 0.3) is 0 Å². The van der Waals surface area contributed by atoms with E-state index in [1.54, 1.807) is 121 Å². The molecule has 8 rings (SSSR count). The molecule has 0 heterocycles. The van der Waals surface area contributed by atoms with Gasteiger partial charge in [0.1, 0.15) is 78.5 Å². The number of hydrogen-bond acceptors (Lipinski definition) is 20. The van der Waals surface area contributed by atoms with Crippen molar-refractivity contribution >= 4 is 54.0 Å². The molecule has 2 atom stereocenters. The maximum Gasteiger partial charge on any atom is 0.519 e. The Balaban J connectivity index is 0.766. The lowest BCUT2D eigenvalue weighted by Crippen LogP contribution is -2.43. The van der Waals surface area contributed by atoms with Gasteiger partial charge in [0.2, 0.25) is 5.91 Å². The number of phenolic OH excluding ortho intramolecular Hbond substituents is 1. The van der Waals surface area contributed by atoms with Crippen molar-refractivity contribution in [3.8, 4) is 40.2 Å². The number of aromatic hydroxyl groups is 1. The molecule has 21 heteroatoms. The summed E-state index contributed by atoms with van der Waals surface area (Å²) in [5.41, 5.74) is 7.42. The highest BCUT2D eigenvalue weighted by Crippen LogP contribution is 2.35. The molecule has 0 bridgehead atoms. The highest BCUT2D eigenvalue weighted by molar-refractivity contribution is 5.88. The number of carbonyl (C=O) groups is 9. The number of hydrogen-bond donors (Lipinski definition) is 2. The van der Waals surface area contributed by atoms with E-state index in [1.807, 2.05) is 45.0 Å². The van der Waals surface area contributed by atoms with Crippen molar-refractivity contribution in [3.63, 3.8) is 0 Å². The summed E-state index contributed by atoms with van der Waals surface area (Å²) < 4.78 is 53.6. The first kappa shape index (κ1) is 77.6. The zero-order chi connectivity index (χ0) is 74.9. The molecule has 0 aliphatic rings. The van der Waals surface area contributed by atoms with E-state index in [1.165, 1.54) is 43.7 Å². The normalized spacial score (nSPS) is 11.6. The fraction of sp³-hybridized carbons (Fsp3) is 0.265. The molecular formula is C83H83NO20. The molecule has 1 amide bonds. The van der Waals surface area contributed by atoms with Gasteiger partial charge in [0.25, 0.3) is 0 Å². The van der Waals surface area contributed by atoms with Gasteiger partial charge >= 0.3 is 42.3 Å². The zero-order valence-electron chi connectivity index (χ0n) is 59.0. The molecule has 0 saturated carbocycles. The number of phenols is 1. The summed E-state index contributed by atoms with van der Waals surface area (Å²) in [7, 11) is 0. The highest BCUT2D eigenvalue weighted by atomic mass is 16.7. The average molecular weight is 1410 g/mol. The number of nitrogens with one attached hydrogen (secondary N) is 1. The molecule has 0 radical (unpaired) electrons. The van der Waals surface area contributed by atoms with E-state index >= 15 is 0 Å². The number of carbonyl (C=O) groups excluding carboxylic acids is 9. The molecule has 0 aliphatic heterocycles. The third-order valence-corrected chi connectivity index (χ3v) is 16.9. The summed E-state index contributed by atoms with van der Waals surface area (Å²) in [4.78, 5) is 115. The van der Waals surface area contributed by atoms with E-state index < -0.39 is 65.6 Å². The van der Waals surface area contributed by atoms with Gasteiger partial charge in [0.05, 0.1) is 5.92 Å². The minimum Gasteiger partial charge on any atom is -0.508 e. The smallest absolute Gasteiger partial charge is 0.508 e. The quantitative estimate of drug-likeness (QED) is 0.0127. The minimum atomic E-state index is -1.17. The first-order valence-corrected chi connectivity index (χ1v) is 33.6. The Morgan fingerprint density at radius 1 is 0.394 bits per heavy atom. The van der Waals surface area contributed by atoms with Gasteiger partial charge in [0.15, 0.2) is 0 Å². The number of rotatable bonds is 33. The van der Waals surface area contributed by atoms with Gasteiger partial charge in [-0.05, 0) is 169 Å². The summed E-state index contributed by atoms with van der Waals surface area (Å²) in [5.74, 6) is -2.79. The van der Waals surface area contributed by atoms with Crippen LogP contribution in [0.5, 0.6) is 40.2 Å². The number of ketones is 1. The third-order valence-electron chi connectivity index (χ3n) is 16.9. The van der Waals surface area contributed by atoms with Crippen LogP contribution in [0.1, 0.15) is 111 Å². The zero-order valence-corrected chi connectivity index (χ0v) is 59.0. The van der Waals surface area contributed by atoms with E-state index in [4.69, 9.17) is 47.4 Å². The lowest BCUT2D eigenvalue weighted by molar-refractivity contribution is -0.154. The Morgan fingerprint density at radius 2 is 0.702 bits per heavy atom. The van der Waals surface area contributed by atoms with Crippen molar-refractivity contribution in [2.24, 2.45) is 5.92 Å². The van der Waals surface area contributed by atoms with Crippen LogP contribution >= 0.6 is 0 Å². The van der Waals surface area contributed by atoms with Crippen molar-refractivity contribution < 1.29 is 95.6 Å². The Kier molecular flexibility index (Phi) is 27.6. The number of ether oxygens (including phenoxy) is 10. The lowest BCUT2D eigenvalue weighted by Gasteiger charge is -2.26. The molecule has 8 aromatic carbocycles. The molecule has 0 unspecified atom stereocenters. The molecule has 8 aromatic rings. The van der Waals surface area contributed by atoms with E-state index in [2.05, 4.69) is 56.6 Å². The highest BCUT2D eigenvalue weighted by Gasteiger charge is 2.28. The van der Waals surface area contributed by atoms with Gasteiger partial charge in [-0.1, -0.05) is 156 Å². The second-order valence-electron chi connectivity index (χ2n) is 25.8. The molecule has 0 fully saturated rings. The maximum atomic E-state index is 13.5. The van der Waals surface area contributed by atoms with Gasteiger partial charge in [-0.2, -0.15) is 0 Å². The first-order chi connectivity index (χ1) is 49.6. The van der Waals surface area contributed by atoms with Gasteiger partial charge < -0.3 is 57.8 Å². The third kappa shape index (κ3) is 24.0. The molecule has 104 heavy (non-hydrogen) atoms. The largest absolute Gasteiger partial charge is 0.519 e. The topological polar surface area (TPSA) is 278 Å². The fourth-order valence-electron chi connectivity index (χ4n) is 10.7. The molecule has 540 valence electrons. The van der Waals surface area contributed by atoms with E-state index in [0.717, 1.165) is 33.4 Å². The molecule has 2 N–H and O–H groups in total. The lowest BCUT2D eigenvalue weighted by atomic mass is 9.78. The van der Waals surface area contributed by atoms with Gasteiger partial charge in [-0.3, -0.25) is 14.4 Å². The predicted octanol–water partition coefficient (Wildman–Crippen LogP) is 14.8. The van der Waals surface area contributed by atoms with Crippen LogP contribution in [-0.2, 0) is 84.2 Å². The Labute approximate surface area is 603 Å². The van der Waals surface area contributed by atoms with E-state index in [-0.39, 0.29) is 122 Å². The summed E-state index contributed by atoms with van der Waals surface area (Å²) in [6.07, 6.45) is -2.18. The summed E-state index contributed by atoms with van der Waals surface area (Å²) in [6.45, 7) is 19.4. The Hall–Kier alpha value is -12.1.